The Morgan fingerprint density at radius 1 is 1.28 bits per heavy atom. The molecule has 0 fully saturated rings. The highest BCUT2D eigenvalue weighted by molar-refractivity contribution is 6.31. The maximum absolute atomic E-state index is 6.20. The van der Waals surface area contributed by atoms with E-state index in [2.05, 4.69) is 16.5 Å². The Balaban J connectivity index is 2.24. The number of nitrogens with one attached hydrogen (secondary N) is 1. The number of hydrazine groups is 1. The molecule has 2 rings (SSSR count). The molecule has 0 amide bonds. The Morgan fingerprint density at radius 3 is 2.89 bits per heavy atom. The lowest BCUT2D eigenvalue weighted by molar-refractivity contribution is 0.547. The fraction of sp³-hybridized carbons (Fsp3) is 0.500. The van der Waals surface area contributed by atoms with Gasteiger partial charge in [-0.25, -0.2) is 5.43 Å². The molecule has 0 bridgehead atoms. The SMILES string of the molecule is NNC(/C1=C/CCCCCC1)c1ncccc1Cl. The summed E-state index contributed by atoms with van der Waals surface area (Å²) in [4.78, 5) is 4.36. The van der Waals surface area contributed by atoms with Gasteiger partial charge in [0.2, 0.25) is 0 Å². The van der Waals surface area contributed by atoms with Gasteiger partial charge in [0.1, 0.15) is 0 Å². The van der Waals surface area contributed by atoms with Gasteiger partial charge in [0.15, 0.2) is 0 Å². The van der Waals surface area contributed by atoms with Crippen molar-refractivity contribution in [3.05, 3.63) is 40.7 Å². The van der Waals surface area contributed by atoms with Crippen LogP contribution in [0.1, 0.15) is 50.3 Å². The number of pyridine rings is 1. The number of halogens is 1. The van der Waals surface area contributed by atoms with Crippen LogP contribution >= 0.6 is 11.6 Å². The molecule has 1 atom stereocenters. The molecule has 18 heavy (non-hydrogen) atoms. The number of allylic oxidation sites excluding steroid dienone is 1. The van der Waals surface area contributed by atoms with Gasteiger partial charge in [0.25, 0.3) is 0 Å². The van der Waals surface area contributed by atoms with Gasteiger partial charge in [0.05, 0.1) is 16.8 Å². The molecule has 1 aromatic heterocycles. The van der Waals surface area contributed by atoms with Crippen LogP contribution in [0.5, 0.6) is 0 Å². The Bertz CT molecular complexity index is 417. The molecule has 1 unspecified atom stereocenters. The first-order valence-electron chi connectivity index (χ1n) is 6.58. The highest BCUT2D eigenvalue weighted by atomic mass is 35.5. The molecule has 1 heterocycles. The predicted molar refractivity (Wildman–Crippen MR) is 75.1 cm³/mol. The molecule has 0 radical (unpaired) electrons. The van der Waals surface area contributed by atoms with Gasteiger partial charge in [-0.05, 0) is 43.4 Å². The standard InChI is InChI=1S/C14H20ClN3/c15-12-9-6-10-17-14(12)13(18-16)11-7-4-2-1-3-5-8-11/h6-7,9-10,13,18H,1-5,8,16H2/b11-7+. The summed E-state index contributed by atoms with van der Waals surface area (Å²) in [6.07, 6.45) is 11.4. The van der Waals surface area contributed by atoms with Crippen LogP contribution in [-0.2, 0) is 0 Å². The molecule has 0 aromatic carbocycles. The molecule has 0 saturated carbocycles. The summed E-state index contributed by atoms with van der Waals surface area (Å²) in [6.45, 7) is 0. The summed E-state index contributed by atoms with van der Waals surface area (Å²) in [5.41, 5.74) is 5.01. The van der Waals surface area contributed by atoms with Gasteiger partial charge in [0, 0.05) is 6.20 Å². The van der Waals surface area contributed by atoms with Crippen molar-refractivity contribution < 1.29 is 0 Å². The third-order valence-corrected chi connectivity index (χ3v) is 3.74. The number of nitrogens with zero attached hydrogens (tertiary/aromatic N) is 1. The quantitative estimate of drug-likeness (QED) is 0.499. The summed E-state index contributed by atoms with van der Waals surface area (Å²) < 4.78 is 0. The van der Waals surface area contributed by atoms with Gasteiger partial charge >= 0.3 is 0 Å². The van der Waals surface area contributed by atoms with Gasteiger partial charge in [-0.2, -0.15) is 0 Å². The monoisotopic (exact) mass is 265 g/mol. The molecular weight excluding hydrogens is 246 g/mol. The zero-order valence-electron chi connectivity index (χ0n) is 10.5. The van der Waals surface area contributed by atoms with E-state index < -0.39 is 0 Å². The van der Waals surface area contributed by atoms with Gasteiger partial charge < -0.3 is 0 Å². The zero-order valence-corrected chi connectivity index (χ0v) is 11.3. The van der Waals surface area contributed by atoms with E-state index in [1.807, 2.05) is 12.1 Å². The van der Waals surface area contributed by atoms with E-state index in [0.29, 0.717) is 5.02 Å². The second-order valence-corrected chi connectivity index (χ2v) is 5.11. The van der Waals surface area contributed by atoms with Crippen LogP contribution in [0.15, 0.2) is 30.0 Å². The fourth-order valence-electron chi connectivity index (χ4n) is 2.45. The number of hydrogen-bond acceptors (Lipinski definition) is 3. The van der Waals surface area contributed by atoms with E-state index >= 15 is 0 Å². The smallest absolute Gasteiger partial charge is 0.0856 e. The van der Waals surface area contributed by atoms with Crippen molar-refractivity contribution in [2.75, 3.05) is 0 Å². The molecule has 0 spiro atoms. The molecule has 1 aliphatic rings. The molecule has 0 aliphatic heterocycles. The van der Waals surface area contributed by atoms with Crippen LogP contribution in [0.2, 0.25) is 5.02 Å². The third-order valence-electron chi connectivity index (χ3n) is 3.42. The van der Waals surface area contributed by atoms with Crippen molar-refractivity contribution in [3.63, 3.8) is 0 Å². The topological polar surface area (TPSA) is 50.9 Å². The molecular formula is C14H20ClN3. The molecule has 98 valence electrons. The predicted octanol–water partition coefficient (Wildman–Crippen LogP) is 3.52. The minimum atomic E-state index is -0.0585. The minimum absolute atomic E-state index is 0.0585. The lowest BCUT2D eigenvalue weighted by Crippen LogP contribution is -2.30. The first kappa shape index (κ1) is 13.5. The fourth-order valence-corrected chi connectivity index (χ4v) is 2.68. The van der Waals surface area contributed by atoms with E-state index in [1.54, 1.807) is 6.20 Å². The lowest BCUT2D eigenvalue weighted by atomic mass is 9.93. The zero-order chi connectivity index (χ0) is 12.8. The molecule has 1 aliphatic carbocycles. The van der Waals surface area contributed by atoms with Crippen LogP contribution in [0.4, 0.5) is 0 Å². The van der Waals surface area contributed by atoms with Gasteiger partial charge in [-0.3, -0.25) is 10.8 Å². The number of nitrogens with two attached hydrogens (primary N) is 1. The average molecular weight is 266 g/mol. The van der Waals surface area contributed by atoms with Crippen molar-refractivity contribution >= 4 is 11.6 Å². The van der Waals surface area contributed by atoms with E-state index in [4.69, 9.17) is 17.4 Å². The largest absolute Gasteiger partial charge is 0.271 e. The number of rotatable bonds is 3. The minimum Gasteiger partial charge on any atom is -0.271 e. The Hall–Kier alpha value is -0.900. The average Bonchev–Trinajstić information content (AvgIpc) is 2.34. The molecule has 0 saturated heterocycles. The Morgan fingerprint density at radius 2 is 2.11 bits per heavy atom. The highest BCUT2D eigenvalue weighted by Gasteiger charge is 2.19. The van der Waals surface area contributed by atoms with E-state index in [-0.39, 0.29) is 6.04 Å². The molecule has 1 aromatic rings. The lowest BCUT2D eigenvalue weighted by Gasteiger charge is -2.21. The normalized spacial score (nSPS) is 21.6. The molecule has 3 N–H and O–H groups in total. The summed E-state index contributed by atoms with van der Waals surface area (Å²) in [6, 6.07) is 3.64. The van der Waals surface area contributed by atoms with Crippen LogP contribution in [-0.4, -0.2) is 4.98 Å². The van der Waals surface area contributed by atoms with Crippen LogP contribution in [0.25, 0.3) is 0 Å². The van der Waals surface area contributed by atoms with E-state index in [1.165, 1.54) is 31.3 Å². The van der Waals surface area contributed by atoms with Gasteiger partial charge in [-0.15, -0.1) is 0 Å². The van der Waals surface area contributed by atoms with Crippen molar-refractivity contribution in [1.29, 1.82) is 0 Å². The highest BCUT2D eigenvalue weighted by Crippen LogP contribution is 2.30. The number of aromatic nitrogens is 1. The van der Waals surface area contributed by atoms with E-state index in [0.717, 1.165) is 18.5 Å². The van der Waals surface area contributed by atoms with Crippen LogP contribution in [0.3, 0.4) is 0 Å². The van der Waals surface area contributed by atoms with Crippen LogP contribution in [0, 0.1) is 0 Å². The maximum Gasteiger partial charge on any atom is 0.0856 e. The first-order chi connectivity index (χ1) is 8.83. The second kappa shape index (κ2) is 6.88. The third kappa shape index (κ3) is 3.31. The first-order valence-corrected chi connectivity index (χ1v) is 6.96. The van der Waals surface area contributed by atoms with Gasteiger partial charge in [-0.1, -0.05) is 30.5 Å². The summed E-state index contributed by atoms with van der Waals surface area (Å²) >= 11 is 6.20. The van der Waals surface area contributed by atoms with Crippen molar-refractivity contribution in [2.45, 2.75) is 44.6 Å². The molecule has 3 nitrogen and oxygen atoms in total. The Kier molecular flexibility index (Phi) is 5.17. The summed E-state index contributed by atoms with van der Waals surface area (Å²) in [5.74, 6) is 5.71. The van der Waals surface area contributed by atoms with E-state index in [9.17, 15) is 0 Å². The van der Waals surface area contributed by atoms with Crippen molar-refractivity contribution in [1.82, 2.24) is 10.4 Å². The van der Waals surface area contributed by atoms with Crippen LogP contribution < -0.4 is 11.3 Å². The van der Waals surface area contributed by atoms with Crippen molar-refractivity contribution in [3.8, 4) is 0 Å². The summed E-state index contributed by atoms with van der Waals surface area (Å²) in [5, 5.41) is 0.670. The summed E-state index contributed by atoms with van der Waals surface area (Å²) in [7, 11) is 0. The number of hydrogen-bond donors (Lipinski definition) is 2. The molecule has 4 heteroatoms. The Labute approximate surface area is 113 Å². The maximum atomic E-state index is 6.20. The van der Waals surface area contributed by atoms with Crippen molar-refractivity contribution in [2.24, 2.45) is 5.84 Å². The second-order valence-electron chi connectivity index (χ2n) is 4.70.